The Morgan fingerprint density at radius 3 is 2.61 bits per heavy atom. The Morgan fingerprint density at radius 1 is 0.970 bits per heavy atom. The highest BCUT2D eigenvalue weighted by Crippen LogP contribution is 2.30. The quantitative estimate of drug-likeness (QED) is 0.321. The summed E-state index contributed by atoms with van der Waals surface area (Å²) in [5.41, 5.74) is 4.66. The van der Waals surface area contributed by atoms with Crippen molar-refractivity contribution in [2.45, 2.75) is 11.6 Å². The lowest BCUT2D eigenvalue weighted by atomic mass is 10.2. The number of thioether (sulfide) groups is 1. The summed E-state index contributed by atoms with van der Waals surface area (Å²) in [5, 5.41) is 1.40. The molecule has 1 aliphatic heterocycles. The van der Waals surface area contributed by atoms with E-state index in [-0.39, 0.29) is 17.2 Å². The summed E-state index contributed by atoms with van der Waals surface area (Å²) >= 11 is 1.30. The largest absolute Gasteiger partial charge is 0.349 e. The number of amides is 1. The zero-order valence-corrected chi connectivity index (χ0v) is 18.5. The van der Waals surface area contributed by atoms with Gasteiger partial charge in [-0.25, -0.2) is 4.98 Å². The van der Waals surface area contributed by atoms with Crippen LogP contribution in [0.1, 0.15) is 5.56 Å². The lowest BCUT2D eigenvalue weighted by Gasteiger charge is -2.18. The van der Waals surface area contributed by atoms with E-state index in [0.717, 1.165) is 28.7 Å². The molecule has 0 fully saturated rings. The van der Waals surface area contributed by atoms with Gasteiger partial charge in [-0.1, -0.05) is 66.4 Å². The van der Waals surface area contributed by atoms with Crippen LogP contribution in [0, 0.1) is 0 Å². The first-order valence-electron chi connectivity index (χ1n) is 10.8. The van der Waals surface area contributed by atoms with Crippen molar-refractivity contribution in [1.29, 1.82) is 0 Å². The number of aromatic nitrogens is 3. The predicted molar refractivity (Wildman–Crippen MR) is 132 cm³/mol. The van der Waals surface area contributed by atoms with Crippen molar-refractivity contribution in [2.75, 3.05) is 17.2 Å². The number of benzene rings is 3. The Balaban J connectivity index is 1.42. The minimum Gasteiger partial charge on any atom is -0.349 e. The van der Waals surface area contributed by atoms with E-state index in [1.807, 2.05) is 77.7 Å². The van der Waals surface area contributed by atoms with E-state index in [0.29, 0.717) is 22.7 Å². The minimum atomic E-state index is -0.177. The normalized spacial score (nSPS) is 13.0. The zero-order chi connectivity index (χ0) is 22.4. The number of rotatable bonds is 4. The van der Waals surface area contributed by atoms with E-state index in [1.54, 1.807) is 4.57 Å². The van der Waals surface area contributed by atoms with Crippen LogP contribution in [-0.2, 0) is 11.2 Å². The van der Waals surface area contributed by atoms with E-state index in [2.05, 4.69) is 11.1 Å². The number of nitrogens with zero attached hydrogens (tertiary/aromatic N) is 3. The van der Waals surface area contributed by atoms with Crippen molar-refractivity contribution in [1.82, 2.24) is 14.5 Å². The van der Waals surface area contributed by atoms with Gasteiger partial charge in [-0.3, -0.25) is 14.2 Å². The molecular formula is C26H20N4O2S. The van der Waals surface area contributed by atoms with Crippen LogP contribution in [0.5, 0.6) is 0 Å². The van der Waals surface area contributed by atoms with Crippen LogP contribution in [0.3, 0.4) is 0 Å². The second-order valence-electron chi connectivity index (χ2n) is 7.98. The fourth-order valence-corrected chi connectivity index (χ4v) is 5.33. The van der Waals surface area contributed by atoms with Gasteiger partial charge in [-0.05, 0) is 36.2 Å². The lowest BCUT2D eigenvalue weighted by Crippen LogP contribution is -2.31. The maximum Gasteiger partial charge on any atom is 0.283 e. The van der Waals surface area contributed by atoms with E-state index in [1.165, 1.54) is 17.3 Å². The van der Waals surface area contributed by atoms with Crippen molar-refractivity contribution in [2.24, 2.45) is 0 Å². The molecule has 0 atom stereocenters. The first kappa shape index (κ1) is 19.8. The average Bonchev–Trinajstić information content (AvgIpc) is 3.45. The smallest absolute Gasteiger partial charge is 0.283 e. The third-order valence-corrected chi connectivity index (χ3v) is 6.95. The van der Waals surface area contributed by atoms with E-state index in [4.69, 9.17) is 4.98 Å². The number of para-hydroxylation sites is 3. The van der Waals surface area contributed by atoms with E-state index in [9.17, 15) is 9.59 Å². The molecule has 6 nitrogen and oxygen atoms in total. The third kappa shape index (κ3) is 3.32. The molecule has 0 unspecified atom stereocenters. The van der Waals surface area contributed by atoms with Crippen LogP contribution in [-0.4, -0.2) is 32.7 Å². The highest BCUT2D eigenvalue weighted by molar-refractivity contribution is 7.99. The maximum absolute atomic E-state index is 13.6. The highest BCUT2D eigenvalue weighted by atomic mass is 32.2. The van der Waals surface area contributed by atoms with Gasteiger partial charge in [0.1, 0.15) is 11.0 Å². The number of anilines is 1. The number of fused-ring (bicyclic) bond motifs is 4. The molecule has 7 heteroatoms. The van der Waals surface area contributed by atoms with E-state index < -0.39 is 0 Å². The topological polar surface area (TPSA) is 71.0 Å². The molecule has 0 bridgehead atoms. The summed E-state index contributed by atoms with van der Waals surface area (Å²) in [4.78, 5) is 36.6. The molecular weight excluding hydrogens is 432 g/mol. The van der Waals surface area contributed by atoms with Crippen LogP contribution in [0.2, 0.25) is 0 Å². The van der Waals surface area contributed by atoms with Gasteiger partial charge in [0, 0.05) is 23.1 Å². The molecule has 1 amide bonds. The number of carbonyl (C=O) groups is 1. The zero-order valence-electron chi connectivity index (χ0n) is 17.7. The Morgan fingerprint density at radius 2 is 1.73 bits per heavy atom. The van der Waals surface area contributed by atoms with E-state index >= 15 is 0 Å². The minimum absolute atomic E-state index is 0.0119. The standard InChI is InChI=1S/C26H20N4O2S/c31-22(29-15-14-17-8-4-7-13-21(17)29)16-33-26-28-23-19-11-5-6-12-20(19)27-24(23)25(32)30(26)18-9-2-1-3-10-18/h1-13,27H,14-16H2. The molecule has 3 heterocycles. The van der Waals surface area contributed by atoms with Crippen LogP contribution in [0.15, 0.2) is 88.8 Å². The Kier molecular flexibility index (Phi) is 4.77. The van der Waals surface area contributed by atoms with Gasteiger partial charge in [-0.2, -0.15) is 0 Å². The van der Waals surface area contributed by atoms with Crippen molar-refractivity contribution >= 4 is 45.3 Å². The Hall–Kier alpha value is -3.84. The number of aromatic amines is 1. The molecule has 0 spiro atoms. The molecule has 33 heavy (non-hydrogen) atoms. The van der Waals surface area contributed by atoms with Crippen molar-refractivity contribution in [3.05, 3.63) is 94.8 Å². The first-order valence-corrected chi connectivity index (χ1v) is 11.8. The van der Waals surface area contributed by atoms with Crippen molar-refractivity contribution in [3.63, 3.8) is 0 Å². The predicted octanol–water partition coefficient (Wildman–Crippen LogP) is 4.55. The number of hydrogen-bond acceptors (Lipinski definition) is 4. The van der Waals surface area contributed by atoms with Gasteiger partial charge < -0.3 is 9.88 Å². The molecule has 5 aromatic rings. The molecule has 2 aromatic heterocycles. The van der Waals surface area contributed by atoms with Gasteiger partial charge in [0.15, 0.2) is 5.16 Å². The molecule has 0 saturated heterocycles. The first-order chi connectivity index (χ1) is 16.2. The van der Waals surface area contributed by atoms with Crippen LogP contribution in [0.4, 0.5) is 5.69 Å². The molecule has 1 aliphatic rings. The van der Waals surface area contributed by atoms with Crippen molar-refractivity contribution in [3.8, 4) is 5.69 Å². The Bertz CT molecular complexity index is 1570. The number of H-pyrrole nitrogens is 1. The third-order valence-electron chi connectivity index (χ3n) is 6.02. The lowest BCUT2D eigenvalue weighted by molar-refractivity contribution is -0.116. The van der Waals surface area contributed by atoms with Gasteiger partial charge in [0.25, 0.3) is 5.56 Å². The van der Waals surface area contributed by atoms with Gasteiger partial charge >= 0.3 is 0 Å². The fourth-order valence-electron chi connectivity index (χ4n) is 4.45. The van der Waals surface area contributed by atoms with Gasteiger partial charge in [-0.15, -0.1) is 0 Å². The summed E-state index contributed by atoms with van der Waals surface area (Å²) in [5.74, 6) is 0.208. The summed E-state index contributed by atoms with van der Waals surface area (Å²) in [6.45, 7) is 0.680. The van der Waals surface area contributed by atoms with Gasteiger partial charge in [0.05, 0.1) is 11.4 Å². The summed E-state index contributed by atoms with van der Waals surface area (Å²) in [7, 11) is 0. The Labute approximate surface area is 193 Å². The van der Waals surface area contributed by atoms with Crippen molar-refractivity contribution < 1.29 is 4.79 Å². The molecule has 162 valence electrons. The van der Waals surface area contributed by atoms with Crippen LogP contribution < -0.4 is 10.5 Å². The second-order valence-corrected chi connectivity index (χ2v) is 8.92. The fraction of sp³-hybridized carbons (Fsp3) is 0.115. The summed E-state index contributed by atoms with van der Waals surface area (Å²) in [6.07, 6.45) is 0.862. The molecule has 3 aromatic carbocycles. The maximum atomic E-state index is 13.6. The SMILES string of the molecule is O=C(CSc1nc2c([nH]c3ccccc32)c(=O)n1-c1ccccc1)N1CCc2ccccc21. The van der Waals surface area contributed by atoms with Crippen LogP contribution >= 0.6 is 11.8 Å². The molecule has 1 N–H and O–H groups in total. The van der Waals surface area contributed by atoms with Gasteiger partial charge in [0.2, 0.25) is 5.91 Å². The highest BCUT2D eigenvalue weighted by Gasteiger charge is 2.25. The van der Waals surface area contributed by atoms with Crippen LogP contribution in [0.25, 0.3) is 27.6 Å². The second kappa shape index (κ2) is 7.94. The molecule has 0 radical (unpaired) electrons. The molecule has 0 aliphatic carbocycles. The number of hydrogen-bond donors (Lipinski definition) is 1. The molecule has 6 rings (SSSR count). The average molecular weight is 453 g/mol. The monoisotopic (exact) mass is 452 g/mol. The summed E-state index contributed by atoms with van der Waals surface area (Å²) < 4.78 is 1.59. The number of nitrogens with one attached hydrogen (secondary N) is 1. The summed E-state index contributed by atoms with van der Waals surface area (Å²) in [6, 6.07) is 25.2. The number of carbonyl (C=O) groups excluding carboxylic acids is 1. The molecule has 0 saturated carbocycles.